The van der Waals surface area contributed by atoms with E-state index >= 15 is 0 Å². The van der Waals surface area contributed by atoms with E-state index in [1.54, 1.807) is 6.07 Å². The van der Waals surface area contributed by atoms with Gasteiger partial charge in [0.1, 0.15) is 0 Å². The minimum absolute atomic E-state index is 0.0248. The van der Waals surface area contributed by atoms with Crippen molar-refractivity contribution < 1.29 is 9.59 Å². The van der Waals surface area contributed by atoms with Crippen LogP contribution in [0, 0.1) is 0 Å². The molecule has 1 saturated heterocycles. The average molecular weight is 382 g/mol. The molecule has 0 aromatic heterocycles. The highest BCUT2D eigenvalue weighted by Crippen LogP contribution is 2.32. The predicted molar refractivity (Wildman–Crippen MR) is 108 cm³/mol. The summed E-state index contributed by atoms with van der Waals surface area (Å²) in [5.74, 6) is 0.290. The molecule has 2 N–H and O–H groups in total. The van der Waals surface area contributed by atoms with Crippen LogP contribution >= 0.6 is 11.8 Å². The smallest absolute Gasteiger partial charge is 0.251 e. The number of likely N-dealkylation sites (tertiary alicyclic amines) is 1. The molecule has 1 atom stereocenters. The molecule has 27 heavy (non-hydrogen) atoms. The van der Waals surface area contributed by atoms with Gasteiger partial charge in [-0.05, 0) is 49.7 Å². The molecule has 1 unspecified atom stereocenters. The first kappa shape index (κ1) is 18.1. The molecule has 2 amide bonds. The van der Waals surface area contributed by atoms with Crippen molar-refractivity contribution in [3.05, 3.63) is 59.7 Å². The van der Waals surface area contributed by atoms with Gasteiger partial charge in [-0.15, -0.1) is 11.8 Å². The quantitative estimate of drug-likeness (QED) is 0.834. The molecule has 0 radical (unpaired) electrons. The van der Waals surface area contributed by atoms with Gasteiger partial charge in [0.15, 0.2) is 0 Å². The standard InChI is InChI=1S/C21H23N3O2S/c25-20-14-27-19-9-8-16(12-17(19)23-20)21(26)22-13-18(24-10-4-5-11-24)15-6-2-1-3-7-15/h1-3,6-9,12,18H,4-5,10-11,13-14H2,(H,22,26)(H,23,25). The van der Waals surface area contributed by atoms with Crippen LogP contribution in [-0.4, -0.2) is 42.1 Å². The number of rotatable bonds is 5. The third kappa shape index (κ3) is 4.17. The molecule has 0 spiro atoms. The van der Waals surface area contributed by atoms with Gasteiger partial charge in [-0.3, -0.25) is 14.5 Å². The van der Waals surface area contributed by atoms with E-state index in [0.29, 0.717) is 17.9 Å². The van der Waals surface area contributed by atoms with E-state index in [1.165, 1.54) is 30.2 Å². The van der Waals surface area contributed by atoms with E-state index in [4.69, 9.17) is 0 Å². The normalized spacial score (nSPS) is 17.9. The van der Waals surface area contributed by atoms with Gasteiger partial charge in [0.05, 0.1) is 17.5 Å². The van der Waals surface area contributed by atoms with Crippen molar-refractivity contribution in [1.82, 2.24) is 10.2 Å². The number of nitrogens with zero attached hydrogens (tertiary/aromatic N) is 1. The zero-order chi connectivity index (χ0) is 18.6. The van der Waals surface area contributed by atoms with Crippen LogP contribution in [0.2, 0.25) is 0 Å². The molecule has 2 aliphatic heterocycles. The van der Waals surface area contributed by atoms with Gasteiger partial charge >= 0.3 is 0 Å². The van der Waals surface area contributed by atoms with E-state index in [-0.39, 0.29) is 17.9 Å². The van der Waals surface area contributed by atoms with Crippen molar-refractivity contribution in [2.45, 2.75) is 23.8 Å². The van der Waals surface area contributed by atoms with Crippen molar-refractivity contribution in [2.75, 3.05) is 30.7 Å². The first-order chi connectivity index (χ1) is 13.2. The van der Waals surface area contributed by atoms with Crippen LogP contribution in [0.15, 0.2) is 53.4 Å². The molecule has 2 aromatic carbocycles. The Labute approximate surface area is 163 Å². The zero-order valence-electron chi connectivity index (χ0n) is 15.1. The monoisotopic (exact) mass is 381 g/mol. The summed E-state index contributed by atoms with van der Waals surface area (Å²) < 4.78 is 0. The van der Waals surface area contributed by atoms with Gasteiger partial charge in [0.2, 0.25) is 5.91 Å². The molecule has 6 heteroatoms. The SMILES string of the molecule is O=C1CSc2ccc(C(=O)NCC(c3ccccc3)N3CCCC3)cc2N1. The van der Waals surface area contributed by atoms with Crippen LogP contribution in [0.5, 0.6) is 0 Å². The third-order valence-electron chi connectivity index (χ3n) is 5.10. The highest BCUT2D eigenvalue weighted by Gasteiger charge is 2.24. The zero-order valence-corrected chi connectivity index (χ0v) is 15.9. The van der Waals surface area contributed by atoms with Gasteiger partial charge in [-0.25, -0.2) is 0 Å². The van der Waals surface area contributed by atoms with Crippen molar-refractivity contribution in [3.8, 4) is 0 Å². The van der Waals surface area contributed by atoms with Crippen LogP contribution in [0.25, 0.3) is 0 Å². The topological polar surface area (TPSA) is 61.4 Å². The van der Waals surface area contributed by atoms with E-state index in [9.17, 15) is 9.59 Å². The molecule has 0 bridgehead atoms. The lowest BCUT2D eigenvalue weighted by Crippen LogP contribution is -2.36. The first-order valence-corrected chi connectivity index (χ1v) is 10.3. The second kappa shape index (κ2) is 8.15. The van der Waals surface area contributed by atoms with E-state index in [1.807, 2.05) is 30.3 Å². The van der Waals surface area contributed by atoms with Crippen molar-refractivity contribution in [3.63, 3.8) is 0 Å². The maximum Gasteiger partial charge on any atom is 0.251 e. The highest BCUT2D eigenvalue weighted by molar-refractivity contribution is 8.00. The largest absolute Gasteiger partial charge is 0.350 e. The van der Waals surface area contributed by atoms with Crippen LogP contribution in [0.4, 0.5) is 5.69 Å². The van der Waals surface area contributed by atoms with E-state index in [0.717, 1.165) is 23.7 Å². The summed E-state index contributed by atoms with van der Waals surface area (Å²) in [5, 5.41) is 5.93. The Kier molecular flexibility index (Phi) is 5.45. The molecule has 4 rings (SSSR count). The molecule has 1 fully saturated rings. The molecule has 2 aromatic rings. The van der Waals surface area contributed by atoms with E-state index < -0.39 is 0 Å². The number of carbonyl (C=O) groups excluding carboxylic acids is 2. The fourth-order valence-electron chi connectivity index (χ4n) is 3.70. The number of amides is 2. The summed E-state index contributed by atoms with van der Waals surface area (Å²) in [6.45, 7) is 2.70. The molecular formula is C21H23N3O2S. The Morgan fingerprint density at radius 1 is 1.15 bits per heavy atom. The number of carbonyl (C=O) groups is 2. The minimum Gasteiger partial charge on any atom is -0.350 e. The van der Waals surface area contributed by atoms with Crippen LogP contribution < -0.4 is 10.6 Å². The number of hydrogen-bond donors (Lipinski definition) is 2. The molecule has 2 heterocycles. The Bertz CT molecular complexity index is 835. The second-order valence-electron chi connectivity index (χ2n) is 6.93. The number of fused-ring (bicyclic) bond motifs is 1. The van der Waals surface area contributed by atoms with Gasteiger partial charge in [-0.2, -0.15) is 0 Å². The minimum atomic E-state index is -0.109. The summed E-state index contributed by atoms with van der Waals surface area (Å²) in [5.41, 5.74) is 2.53. The van der Waals surface area contributed by atoms with E-state index in [2.05, 4.69) is 27.7 Å². The first-order valence-electron chi connectivity index (χ1n) is 9.34. The average Bonchev–Trinajstić information content (AvgIpc) is 3.22. The summed E-state index contributed by atoms with van der Waals surface area (Å²) in [4.78, 5) is 27.8. The van der Waals surface area contributed by atoms with Crippen molar-refractivity contribution in [1.29, 1.82) is 0 Å². The lowest BCUT2D eigenvalue weighted by molar-refractivity contribution is -0.113. The van der Waals surface area contributed by atoms with Crippen LogP contribution in [-0.2, 0) is 4.79 Å². The molecule has 0 aliphatic carbocycles. The number of benzene rings is 2. The van der Waals surface area contributed by atoms with Gasteiger partial charge < -0.3 is 10.6 Å². The Hall–Kier alpha value is -2.31. The number of anilines is 1. The Morgan fingerprint density at radius 3 is 2.70 bits per heavy atom. The van der Waals surface area contributed by atoms with Crippen LogP contribution in [0.1, 0.15) is 34.8 Å². The summed E-state index contributed by atoms with van der Waals surface area (Å²) in [6, 6.07) is 16.0. The molecular weight excluding hydrogens is 358 g/mol. The molecule has 140 valence electrons. The predicted octanol–water partition coefficient (Wildman–Crippen LogP) is 3.30. The maximum atomic E-state index is 12.7. The number of nitrogens with one attached hydrogen (secondary N) is 2. The fraction of sp³-hybridized carbons (Fsp3) is 0.333. The maximum absolute atomic E-state index is 12.7. The second-order valence-corrected chi connectivity index (χ2v) is 7.94. The highest BCUT2D eigenvalue weighted by atomic mass is 32.2. The number of hydrogen-bond acceptors (Lipinski definition) is 4. The summed E-state index contributed by atoms with van der Waals surface area (Å²) >= 11 is 1.50. The van der Waals surface area contributed by atoms with Crippen molar-refractivity contribution in [2.24, 2.45) is 0 Å². The van der Waals surface area contributed by atoms with Gasteiger partial charge in [-0.1, -0.05) is 30.3 Å². The van der Waals surface area contributed by atoms with Gasteiger partial charge in [0.25, 0.3) is 5.91 Å². The summed E-state index contributed by atoms with van der Waals surface area (Å²) in [6.07, 6.45) is 2.42. The lowest BCUT2D eigenvalue weighted by atomic mass is 10.1. The lowest BCUT2D eigenvalue weighted by Gasteiger charge is -2.28. The molecule has 5 nitrogen and oxygen atoms in total. The third-order valence-corrected chi connectivity index (χ3v) is 6.17. The summed E-state index contributed by atoms with van der Waals surface area (Å²) in [7, 11) is 0. The Morgan fingerprint density at radius 2 is 1.93 bits per heavy atom. The van der Waals surface area contributed by atoms with Crippen LogP contribution in [0.3, 0.4) is 0 Å². The van der Waals surface area contributed by atoms with Gasteiger partial charge in [0, 0.05) is 17.0 Å². The molecule has 2 aliphatic rings. The Balaban J connectivity index is 1.47. The fourth-order valence-corrected chi connectivity index (χ4v) is 4.49. The van der Waals surface area contributed by atoms with Crippen molar-refractivity contribution >= 4 is 29.3 Å². The number of thioether (sulfide) groups is 1. The molecule has 0 saturated carbocycles.